The Bertz CT molecular complexity index is 1290. The highest BCUT2D eigenvalue weighted by molar-refractivity contribution is 6.04. The van der Waals surface area contributed by atoms with Crippen molar-refractivity contribution >= 4 is 17.2 Å². The number of anilines is 1. The molecule has 0 aliphatic heterocycles. The minimum absolute atomic E-state index is 0.123. The van der Waals surface area contributed by atoms with Crippen LogP contribution in [-0.2, 0) is 19.4 Å². The standard InChI is InChI=1S/C23H20N4O2/c28-22(19-11-10-17-6-4-7-18(17)14-19)24-20-8-3-5-16(13-20)15-27-23(29)26-12-2-1-9-21(26)25-27/h1-3,5,8-14H,4,6-7,15H2,(H,24,28). The van der Waals surface area contributed by atoms with E-state index in [1.54, 1.807) is 18.3 Å². The predicted molar refractivity (Wildman–Crippen MR) is 111 cm³/mol. The highest BCUT2D eigenvalue weighted by Crippen LogP contribution is 2.23. The van der Waals surface area contributed by atoms with E-state index in [2.05, 4.69) is 16.5 Å². The Labute approximate surface area is 167 Å². The Morgan fingerprint density at radius 1 is 1.00 bits per heavy atom. The van der Waals surface area contributed by atoms with Gasteiger partial charge in [0.15, 0.2) is 5.65 Å². The molecule has 1 N–H and O–H groups in total. The van der Waals surface area contributed by atoms with Crippen LogP contribution >= 0.6 is 0 Å². The summed E-state index contributed by atoms with van der Waals surface area (Å²) in [4.78, 5) is 25.1. The molecule has 0 bridgehead atoms. The number of carbonyl (C=O) groups is 1. The lowest BCUT2D eigenvalue weighted by Crippen LogP contribution is -2.21. The van der Waals surface area contributed by atoms with E-state index in [9.17, 15) is 9.59 Å². The third kappa shape index (κ3) is 3.33. The second-order valence-corrected chi connectivity index (χ2v) is 7.36. The molecule has 0 unspecified atom stereocenters. The maximum absolute atomic E-state index is 12.7. The van der Waals surface area contributed by atoms with Crippen molar-refractivity contribution in [2.24, 2.45) is 0 Å². The third-order valence-electron chi connectivity index (χ3n) is 5.37. The van der Waals surface area contributed by atoms with Crippen LogP contribution in [0.3, 0.4) is 0 Å². The fraction of sp³-hybridized carbons (Fsp3) is 0.174. The summed E-state index contributed by atoms with van der Waals surface area (Å²) in [6.07, 6.45) is 5.00. The molecular weight excluding hydrogens is 364 g/mol. The fourth-order valence-electron chi connectivity index (χ4n) is 3.91. The number of pyridine rings is 1. The van der Waals surface area contributed by atoms with Gasteiger partial charge in [-0.2, -0.15) is 0 Å². The zero-order valence-electron chi connectivity index (χ0n) is 15.8. The Morgan fingerprint density at radius 3 is 2.79 bits per heavy atom. The summed E-state index contributed by atoms with van der Waals surface area (Å²) in [7, 11) is 0. The summed E-state index contributed by atoms with van der Waals surface area (Å²) in [5, 5.41) is 7.32. The molecule has 29 heavy (non-hydrogen) atoms. The molecule has 1 amide bonds. The summed E-state index contributed by atoms with van der Waals surface area (Å²) in [5.41, 5.74) is 5.31. The molecule has 6 heteroatoms. The number of hydrogen-bond acceptors (Lipinski definition) is 3. The molecule has 0 spiro atoms. The van der Waals surface area contributed by atoms with E-state index in [-0.39, 0.29) is 11.6 Å². The number of nitrogens with one attached hydrogen (secondary N) is 1. The van der Waals surface area contributed by atoms with E-state index >= 15 is 0 Å². The zero-order chi connectivity index (χ0) is 19.8. The Balaban J connectivity index is 1.36. The van der Waals surface area contributed by atoms with Crippen LogP contribution in [0, 0.1) is 0 Å². The van der Waals surface area contributed by atoms with Crippen LogP contribution in [0.25, 0.3) is 5.65 Å². The van der Waals surface area contributed by atoms with Gasteiger partial charge in [0.2, 0.25) is 0 Å². The van der Waals surface area contributed by atoms with Gasteiger partial charge in [-0.3, -0.25) is 9.20 Å². The first-order chi connectivity index (χ1) is 14.2. The van der Waals surface area contributed by atoms with Crippen molar-refractivity contribution in [3.8, 4) is 0 Å². The van der Waals surface area contributed by atoms with Crippen molar-refractivity contribution in [2.75, 3.05) is 5.32 Å². The number of nitrogens with zero attached hydrogens (tertiary/aromatic N) is 3. The summed E-state index contributed by atoms with van der Waals surface area (Å²) < 4.78 is 2.94. The lowest BCUT2D eigenvalue weighted by atomic mass is 10.1. The monoisotopic (exact) mass is 384 g/mol. The third-order valence-corrected chi connectivity index (χ3v) is 5.37. The van der Waals surface area contributed by atoms with E-state index in [1.165, 1.54) is 20.2 Å². The molecule has 0 fully saturated rings. The zero-order valence-corrected chi connectivity index (χ0v) is 15.8. The van der Waals surface area contributed by atoms with Crippen LogP contribution in [0.4, 0.5) is 5.69 Å². The fourth-order valence-corrected chi connectivity index (χ4v) is 3.91. The Kier molecular flexibility index (Phi) is 4.24. The molecule has 2 heterocycles. The van der Waals surface area contributed by atoms with E-state index in [1.807, 2.05) is 42.5 Å². The SMILES string of the molecule is O=C(Nc1cccc(Cn2nc3ccccn3c2=O)c1)c1ccc2c(c1)CCC2. The maximum atomic E-state index is 12.7. The second-order valence-electron chi connectivity index (χ2n) is 7.36. The van der Waals surface area contributed by atoms with Crippen LogP contribution in [-0.4, -0.2) is 20.1 Å². The first kappa shape index (κ1) is 17.4. The minimum Gasteiger partial charge on any atom is -0.322 e. The van der Waals surface area contributed by atoms with Crippen molar-refractivity contribution in [3.05, 3.63) is 99.6 Å². The number of rotatable bonds is 4. The summed E-state index contributed by atoms with van der Waals surface area (Å²) in [6.45, 7) is 0.336. The molecule has 1 aliphatic carbocycles. The maximum Gasteiger partial charge on any atom is 0.350 e. The molecule has 4 aromatic rings. The molecule has 0 radical (unpaired) electrons. The average molecular weight is 384 g/mol. The highest BCUT2D eigenvalue weighted by atomic mass is 16.2. The number of fused-ring (bicyclic) bond motifs is 2. The van der Waals surface area contributed by atoms with Gasteiger partial charge in [0, 0.05) is 17.4 Å². The number of aromatic nitrogens is 3. The van der Waals surface area contributed by atoms with Gasteiger partial charge in [-0.1, -0.05) is 24.3 Å². The van der Waals surface area contributed by atoms with Crippen molar-refractivity contribution in [1.29, 1.82) is 0 Å². The van der Waals surface area contributed by atoms with E-state index in [0.717, 1.165) is 24.8 Å². The summed E-state index contributed by atoms with van der Waals surface area (Å²) in [6, 6.07) is 18.9. The largest absolute Gasteiger partial charge is 0.350 e. The van der Waals surface area contributed by atoms with Gasteiger partial charge in [0.25, 0.3) is 5.91 Å². The first-order valence-electron chi connectivity index (χ1n) is 9.74. The van der Waals surface area contributed by atoms with Gasteiger partial charge in [0.05, 0.1) is 6.54 Å². The summed E-state index contributed by atoms with van der Waals surface area (Å²) >= 11 is 0. The van der Waals surface area contributed by atoms with Crippen molar-refractivity contribution in [2.45, 2.75) is 25.8 Å². The molecule has 1 aliphatic rings. The average Bonchev–Trinajstić information content (AvgIpc) is 3.33. The van der Waals surface area contributed by atoms with E-state index in [4.69, 9.17) is 0 Å². The topological polar surface area (TPSA) is 68.4 Å². The van der Waals surface area contributed by atoms with Gasteiger partial charge >= 0.3 is 5.69 Å². The molecule has 5 rings (SSSR count). The second kappa shape index (κ2) is 7.05. The molecule has 2 aromatic heterocycles. The number of hydrogen-bond donors (Lipinski definition) is 1. The lowest BCUT2D eigenvalue weighted by Gasteiger charge is -2.09. The van der Waals surface area contributed by atoms with Gasteiger partial charge in [0.1, 0.15) is 0 Å². The molecule has 0 atom stereocenters. The molecule has 6 nitrogen and oxygen atoms in total. The number of benzene rings is 2. The number of aryl methyl sites for hydroxylation is 2. The van der Waals surface area contributed by atoms with E-state index < -0.39 is 0 Å². The highest BCUT2D eigenvalue weighted by Gasteiger charge is 2.14. The van der Waals surface area contributed by atoms with Crippen LogP contribution in [0.15, 0.2) is 71.7 Å². The number of amides is 1. The van der Waals surface area contributed by atoms with Crippen molar-refractivity contribution < 1.29 is 4.79 Å². The van der Waals surface area contributed by atoms with Crippen molar-refractivity contribution in [1.82, 2.24) is 14.2 Å². The quantitative estimate of drug-likeness (QED) is 0.587. The Morgan fingerprint density at radius 2 is 1.90 bits per heavy atom. The van der Waals surface area contributed by atoms with Crippen LogP contribution < -0.4 is 11.0 Å². The Hall–Kier alpha value is -3.67. The van der Waals surface area contributed by atoms with Crippen LogP contribution in [0.5, 0.6) is 0 Å². The smallest absolute Gasteiger partial charge is 0.322 e. The van der Waals surface area contributed by atoms with E-state index in [0.29, 0.717) is 23.4 Å². The van der Waals surface area contributed by atoms with Gasteiger partial charge in [-0.25, -0.2) is 9.48 Å². The van der Waals surface area contributed by atoms with Crippen molar-refractivity contribution in [3.63, 3.8) is 0 Å². The molecule has 144 valence electrons. The lowest BCUT2D eigenvalue weighted by molar-refractivity contribution is 0.102. The molecular formula is C23H20N4O2. The van der Waals surface area contributed by atoms with Gasteiger partial charge in [-0.15, -0.1) is 5.10 Å². The molecule has 0 saturated heterocycles. The normalized spacial score (nSPS) is 12.8. The van der Waals surface area contributed by atoms with Gasteiger partial charge < -0.3 is 5.32 Å². The summed E-state index contributed by atoms with van der Waals surface area (Å²) in [5.74, 6) is -0.123. The first-order valence-corrected chi connectivity index (χ1v) is 9.74. The minimum atomic E-state index is -0.187. The molecule has 2 aromatic carbocycles. The van der Waals surface area contributed by atoms with Gasteiger partial charge in [-0.05, 0) is 72.4 Å². The number of carbonyl (C=O) groups excluding carboxylic acids is 1. The van der Waals surface area contributed by atoms with Crippen LogP contribution in [0.1, 0.15) is 33.5 Å². The molecule has 0 saturated carbocycles. The van der Waals surface area contributed by atoms with Crippen LogP contribution in [0.2, 0.25) is 0 Å². The predicted octanol–water partition coefficient (Wildman–Crippen LogP) is 3.29.